The SMILES string of the molecule is N#CCN(CC#N)c1ncnc(NCC2CCCO2)c1[N+](=O)[O-]. The zero-order chi connectivity index (χ0) is 16.7. The van der Waals surface area contributed by atoms with Crippen LogP contribution in [0.1, 0.15) is 12.8 Å². The molecule has 1 fully saturated rings. The third kappa shape index (κ3) is 4.02. The molecule has 1 aromatic heterocycles. The monoisotopic (exact) mass is 317 g/mol. The minimum atomic E-state index is -0.616. The van der Waals surface area contributed by atoms with E-state index in [2.05, 4.69) is 15.3 Å². The van der Waals surface area contributed by atoms with E-state index in [1.165, 1.54) is 11.2 Å². The highest BCUT2D eigenvalue weighted by molar-refractivity contribution is 5.70. The van der Waals surface area contributed by atoms with Gasteiger partial charge < -0.3 is 15.0 Å². The van der Waals surface area contributed by atoms with Crippen LogP contribution in [0.25, 0.3) is 0 Å². The topological polar surface area (TPSA) is 141 Å². The van der Waals surface area contributed by atoms with E-state index in [9.17, 15) is 10.1 Å². The number of anilines is 2. The zero-order valence-electron chi connectivity index (χ0n) is 12.3. The molecule has 1 N–H and O–H groups in total. The molecule has 1 atom stereocenters. The molecule has 10 heteroatoms. The van der Waals surface area contributed by atoms with Crippen molar-refractivity contribution in [1.82, 2.24) is 9.97 Å². The van der Waals surface area contributed by atoms with Crippen LogP contribution in [0.4, 0.5) is 17.3 Å². The van der Waals surface area contributed by atoms with Crippen LogP contribution in [-0.4, -0.2) is 47.2 Å². The Labute approximate surface area is 132 Å². The molecule has 10 nitrogen and oxygen atoms in total. The molecule has 1 aliphatic heterocycles. The van der Waals surface area contributed by atoms with Crippen LogP contribution in [0, 0.1) is 32.8 Å². The number of nitro groups is 1. The largest absolute Gasteiger partial charge is 0.376 e. The van der Waals surface area contributed by atoms with Gasteiger partial charge in [-0.05, 0) is 12.8 Å². The van der Waals surface area contributed by atoms with Crippen molar-refractivity contribution in [3.63, 3.8) is 0 Å². The van der Waals surface area contributed by atoms with Crippen LogP contribution < -0.4 is 10.2 Å². The first kappa shape index (κ1) is 16.4. The molecule has 1 saturated heterocycles. The number of hydrogen-bond acceptors (Lipinski definition) is 9. The Morgan fingerprint density at radius 2 is 2.17 bits per heavy atom. The van der Waals surface area contributed by atoms with Crippen LogP contribution in [-0.2, 0) is 4.74 Å². The number of rotatable bonds is 7. The van der Waals surface area contributed by atoms with Crippen molar-refractivity contribution >= 4 is 17.3 Å². The first-order chi connectivity index (χ1) is 11.2. The maximum absolute atomic E-state index is 11.4. The Kier molecular flexibility index (Phi) is 5.61. The molecule has 0 bridgehead atoms. The summed E-state index contributed by atoms with van der Waals surface area (Å²) >= 11 is 0. The van der Waals surface area contributed by atoms with Gasteiger partial charge in [-0.15, -0.1) is 0 Å². The Hall–Kier alpha value is -2.98. The average molecular weight is 317 g/mol. The molecule has 23 heavy (non-hydrogen) atoms. The second-order valence-electron chi connectivity index (χ2n) is 4.84. The van der Waals surface area contributed by atoms with Gasteiger partial charge in [-0.25, -0.2) is 9.97 Å². The predicted octanol–water partition coefficient (Wildman–Crippen LogP) is 0.829. The second kappa shape index (κ2) is 7.87. The number of nitrogens with zero attached hydrogens (tertiary/aromatic N) is 6. The fourth-order valence-electron chi connectivity index (χ4n) is 2.29. The molecule has 0 radical (unpaired) electrons. The van der Waals surface area contributed by atoms with Crippen molar-refractivity contribution in [2.75, 3.05) is 36.5 Å². The van der Waals surface area contributed by atoms with Crippen LogP contribution >= 0.6 is 0 Å². The van der Waals surface area contributed by atoms with Gasteiger partial charge in [0.05, 0.1) is 23.2 Å². The molecular weight excluding hydrogens is 302 g/mol. The van der Waals surface area contributed by atoms with Crippen molar-refractivity contribution in [2.45, 2.75) is 18.9 Å². The van der Waals surface area contributed by atoms with E-state index < -0.39 is 4.92 Å². The Morgan fingerprint density at radius 1 is 1.43 bits per heavy atom. The molecule has 120 valence electrons. The first-order valence-corrected chi connectivity index (χ1v) is 7.01. The summed E-state index contributed by atoms with van der Waals surface area (Å²) in [5.41, 5.74) is -0.351. The molecule has 1 aliphatic rings. The smallest absolute Gasteiger partial charge is 0.353 e. The lowest BCUT2D eigenvalue weighted by Gasteiger charge is -2.18. The van der Waals surface area contributed by atoms with Crippen molar-refractivity contribution in [1.29, 1.82) is 10.5 Å². The van der Waals surface area contributed by atoms with Crippen molar-refractivity contribution in [3.8, 4) is 12.1 Å². The van der Waals surface area contributed by atoms with Gasteiger partial charge in [-0.3, -0.25) is 10.1 Å². The second-order valence-corrected chi connectivity index (χ2v) is 4.84. The van der Waals surface area contributed by atoms with Crippen LogP contribution in [0.2, 0.25) is 0 Å². The number of hydrogen-bond donors (Lipinski definition) is 1. The number of nitriles is 2. The number of aromatic nitrogens is 2. The standard InChI is InChI=1S/C13H15N7O3/c14-3-5-19(6-4-15)13-11(20(21)22)12(17-9-18-13)16-8-10-2-1-7-23-10/h9-10H,1-2,5-8H2,(H,16,17,18). The molecule has 0 aliphatic carbocycles. The lowest BCUT2D eigenvalue weighted by atomic mass is 10.2. The Morgan fingerprint density at radius 3 is 2.74 bits per heavy atom. The molecular formula is C13H15N7O3. The third-order valence-electron chi connectivity index (χ3n) is 3.33. The van der Waals surface area contributed by atoms with E-state index in [0.717, 1.165) is 12.8 Å². The summed E-state index contributed by atoms with van der Waals surface area (Å²) in [5, 5.41) is 32.0. The molecule has 0 aromatic carbocycles. The van der Waals surface area contributed by atoms with E-state index in [1.54, 1.807) is 0 Å². The van der Waals surface area contributed by atoms with E-state index in [0.29, 0.717) is 13.2 Å². The highest BCUT2D eigenvalue weighted by atomic mass is 16.6. The van der Waals surface area contributed by atoms with Gasteiger partial charge in [0.15, 0.2) is 0 Å². The van der Waals surface area contributed by atoms with E-state index in [-0.39, 0.29) is 36.5 Å². The van der Waals surface area contributed by atoms with Crippen LogP contribution in [0.5, 0.6) is 0 Å². The molecule has 2 rings (SSSR count). The summed E-state index contributed by atoms with van der Waals surface area (Å²) in [5.74, 6) is -0.000630. The summed E-state index contributed by atoms with van der Waals surface area (Å²) < 4.78 is 5.46. The van der Waals surface area contributed by atoms with Crippen molar-refractivity contribution in [3.05, 3.63) is 16.4 Å². The summed E-state index contributed by atoms with van der Waals surface area (Å²) in [7, 11) is 0. The van der Waals surface area contributed by atoms with Gasteiger partial charge in [0, 0.05) is 13.2 Å². The molecule has 1 unspecified atom stereocenters. The maximum Gasteiger partial charge on any atom is 0.353 e. The van der Waals surface area contributed by atoms with Gasteiger partial charge in [0.2, 0.25) is 11.6 Å². The van der Waals surface area contributed by atoms with Gasteiger partial charge in [-0.2, -0.15) is 10.5 Å². The van der Waals surface area contributed by atoms with E-state index >= 15 is 0 Å². The average Bonchev–Trinajstić information content (AvgIpc) is 3.05. The van der Waals surface area contributed by atoms with Crippen LogP contribution in [0.3, 0.4) is 0 Å². The van der Waals surface area contributed by atoms with Gasteiger partial charge in [0.1, 0.15) is 19.4 Å². The minimum Gasteiger partial charge on any atom is -0.376 e. The number of nitrogens with one attached hydrogen (secondary N) is 1. The first-order valence-electron chi connectivity index (χ1n) is 7.01. The summed E-state index contributed by atoms with van der Waals surface area (Å²) in [6.07, 6.45) is 3.00. The molecule has 0 spiro atoms. The normalized spacial score (nSPS) is 16.3. The van der Waals surface area contributed by atoms with Crippen molar-refractivity contribution < 1.29 is 9.66 Å². The maximum atomic E-state index is 11.4. The fourth-order valence-corrected chi connectivity index (χ4v) is 2.29. The van der Waals surface area contributed by atoms with Crippen molar-refractivity contribution in [2.24, 2.45) is 0 Å². The van der Waals surface area contributed by atoms with Gasteiger partial charge >= 0.3 is 5.69 Å². The molecule has 0 amide bonds. The predicted molar refractivity (Wildman–Crippen MR) is 79.6 cm³/mol. The lowest BCUT2D eigenvalue weighted by molar-refractivity contribution is -0.383. The Balaban J connectivity index is 2.27. The lowest BCUT2D eigenvalue weighted by Crippen LogP contribution is -2.27. The summed E-state index contributed by atoms with van der Waals surface area (Å²) in [6.45, 7) is 0.711. The highest BCUT2D eigenvalue weighted by Crippen LogP contribution is 2.31. The minimum absolute atomic E-state index is 0.0117. The van der Waals surface area contributed by atoms with E-state index in [4.69, 9.17) is 15.3 Å². The highest BCUT2D eigenvalue weighted by Gasteiger charge is 2.27. The van der Waals surface area contributed by atoms with Crippen LogP contribution in [0.15, 0.2) is 6.33 Å². The molecule has 2 heterocycles. The zero-order valence-corrected chi connectivity index (χ0v) is 12.3. The summed E-state index contributed by atoms with van der Waals surface area (Å²) in [4.78, 5) is 19.8. The summed E-state index contributed by atoms with van der Waals surface area (Å²) in [6, 6.07) is 3.73. The Bertz CT molecular complexity index is 630. The quantitative estimate of drug-likeness (QED) is 0.439. The van der Waals surface area contributed by atoms with E-state index in [1.807, 2.05) is 12.1 Å². The van der Waals surface area contributed by atoms with Gasteiger partial charge in [-0.1, -0.05) is 0 Å². The molecule has 1 aromatic rings. The number of ether oxygens (including phenoxy) is 1. The van der Waals surface area contributed by atoms with Gasteiger partial charge in [0.25, 0.3) is 0 Å². The third-order valence-corrected chi connectivity index (χ3v) is 3.33. The fraction of sp³-hybridized carbons (Fsp3) is 0.538. The molecule has 0 saturated carbocycles.